The molecule has 0 aliphatic carbocycles. The van der Waals surface area contributed by atoms with Crippen LogP contribution in [-0.4, -0.2) is 11.9 Å². The van der Waals surface area contributed by atoms with Crippen LogP contribution in [-0.2, 0) is 11.2 Å². The fourth-order valence-electron chi connectivity index (χ4n) is 1.36. The van der Waals surface area contributed by atoms with E-state index in [1.807, 2.05) is 18.2 Å². The number of nitriles is 1. The van der Waals surface area contributed by atoms with Crippen molar-refractivity contribution in [2.45, 2.75) is 25.8 Å². The van der Waals surface area contributed by atoms with Crippen molar-refractivity contribution in [3.8, 4) is 6.07 Å². The Morgan fingerprint density at radius 2 is 2.24 bits per heavy atom. The number of hydrogen-bond donors (Lipinski definition) is 1. The number of benzene rings is 1. The van der Waals surface area contributed by atoms with Crippen molar-refractivity contribution < 1.29 is 4.79 Å². The molecule has 0 bridgehead atoms. The first-order chi connectivity index (χ1) is 8.19. The molecule has 1 amide bonds. The number of nitrogens with zero attached hydrogens (tertiary/aromatic N) is 3. The summed E-state index contributed by atoms with van der Waals surface area (Å²) in [6.07, 6.45) is 1.87. The molecular weight excluding hydrogens is 216 g/mol. The molecule has 2 N–H and O–H groups in total. The van der Waals surface area contributed by atoms with E-state index in [9.17, 15) is 4.79 Å². The Morgan fingerprint density at radius 3 is 2.82 bits per heavy atom. The Labute approximate surface area is 100.0 Å². The number of nitrogens with two attached hydrogens (primary N) is 1. The minimum absolute atomic E-state index is 0.677. The van der Waals surface area contributed by atoms with Crippen LogP contribution in [0.4, 0.5) is 5.69 Å². The molecule has 0 radical (unpaired) electrons. The summed E-state index contributed by atoms with van der Waals surface area (Å²) >= 11 is 0. The zero-order valence-corrected chi connectivity index (χ0v) is 9.63. The molecule has 88 valence electrons. The van der Waals surface area contributed by atoms with Crippen LogP contribution >= 0.6 is 0 Å². The van der Waals surface area contributed by atoms with Gasteiger partial charge in [-0.1, -0.05) is 31.5 Å². The summed E-state index contributed by atoms with van der Waals surface area (Å²) in [6.45, 7) is 2.06. The average molecular weight is 230 g/mol. The van der Waals surface area contributed by atoms with Crippen LogP contribution in [0.25, 0.3) is 0 Å². The number of aryl methyl sites for hydroxylation is 1. The predicted octanol–water partition coefficient (Wildman–Crippen LogP) is 2.10. The Balaban J connectivity index is 2.91. The lowest BCUT2D eigenvalue weighted by Gasteiger charge is -2.02. The molecule has 1 rings (SSSR count). The van der Waals surface area contributed by atoms with Gasteiger partial charge in [0.15, 0.2) is 0 Å². The molecule has 0 aliphatic heterocycles. The van der Waals surface area contributed by atoms with Gasteiger partial charge in [-0.3, -0.25) is 4.79 Å². The highest BCUT2D eigenvalue weighted by atomic mass is 16.1. The maximum atomic E-state index is 10.8. The third kappa shape index (κ3) is 3.68. The van der Waals surface area contributed by atoms with Gasteiger partial charge in [0.05, 0.1) is 5.69 Å². The first-order valence-electron chi connectivity index (χ1n) is 5.36. The lowest BCUT2D eigenvalue weighted by Crippen LogP contribution is -2.24. The van der Waals surface area contributed by atoms with Gasteiger partial charge in [0.1, 0.15) is 6.07 Å². The van der Waals surface area contributed by atoms with E-state index in [-0.39, 0.29) is 0 Å². The van der Waals surface area contributed by atoms with Crippen molar-refractivity contribution in [2.24, 2.45) is 16.0 Å². The van der Waals surface area contributed by atoms with Crippen LogP contribution in [0.3, 0.4) is 0 Å². The molecule has 0 fully saturated rings. The highest BCUT2D eigenvalue weighted by Gasteiger charge is 2.12. The van der Waals surface area contributed by atoms with Gasteiger partial charge in [-0.2, -0.15) is 15.5 Å². The second-order valence-electron chi connectivity index (χ2n) is 3.53. The van der Waals surface area contributed by atoms with Crippen molar-refractivity contribution >= 4 is 11.6 Å². The molecule has 1 aromatic carbocycles. The van der Waals surface area contributed by atoms with Crippen LogP contribution in [0.1, 0.15) is 18.9 Å². The standard InChI is InChI=1S/C12H14N4O/c1-2-5-9-6-3-4-7-10(9)15-16-11(8-13)12(14)17/h3-4,6-7,11H,2,5H2,1H3,(H2,14,17). The van der Waals surface area contributed by atoms with Crippen molar-refractivity contribution in [3.63, 3.8) is 0 Å². The number of azo groups is 1. The van der Waals surface area contributed by atoms with Crippen LogP contribution in [0.2, 0.25) is 0 Å². The number of carbonyl (C=O) groups is 1. The summed E-state index contributed by atoms with van der Waals surface area (Å²) < 4.78 is 0. The quantitative estimate of drug-likeness (QED) is 0.784. The van der Waals surface area contributed by atoms with Gasteiger partial charge in [-0.05, 0) is 18.1 Å². The molecule has 0 saturated heterocycles. The molecule has 0 aromatic heterocycles. The van der Waals surface area contributed by atoms with Gasteiger partial charge in [0.25, 0.3) is 5.91 Å². The van der Waals surface area contributed by atoms with Crippen LogP contribution in [0.15, 0.2) is 34.5 Å². The van der Waals surface area contributed by atoms with Gasteiger partial charge in [0.2, 0.25) is 6.04 Å². The molecular formula is C12H14N4O. The fraction of sp³-hybridized carbons (Fsp3) is 0.333. The van der Waals surface area contributed by atoms with E-state index >= 15 is 0 Å². The van der Waals surface area contributed by atoms with E-state index in [0.29, 0.717) is 5.69 Å². The zero-order valence-electron chi connectivity index (χ0n) is 9.63. The largest absolute Gasteiger partial charge is 0.367 e. The molecule has 1 atom stereocenters. The highest BCUT2D eigenvalue weighted by molar-refractivity contribution is 5.82. The molecule has 5 nitrogen and oxygen atoms in total. The van der Waals surface area contributed by atoms with Gasteiger partial charge in [-0.25, -0.2) is 0 Å². The first kappa shape index (κ1) is 12.8. The zero-order chi connectivity index (χ0) is 12.7. The smallest absolute Gasteiger partial charge is 0.258 e. The summed E-state index contributed by atoms with van der Waals surface area (Å²) in [5, 5.41) is 16.2. The Kier molecular flexibility index (Phi) is 4.82. The Morgan fingerprint density at radius 1 is 1.53 bits per heavy atom. The summed E-state index contributed by atoms with van der Waals surface area (Å²) in [6, 6.07) is 7.96. The molecule has 1 unspecified atom stereocenters. The third-order valence-electron chi connectivity index (χ3n) is 2.18. The number of carbonyl (C=O) groups excluding carboxylic acids is 1. The van der Waals surface area contributed by atoms with E-state index in [1.54, 1.807) is 12.1 Å². The molecule has 0 saturated carbocycles. The minimum atomic E-state index is -1.22. The van der Waals surface area contributed by atoms with Crippen molar-refractivity contribution in [1.29, 1.82) is 5.26 Å². The average Bonchev–Trinajstić information content (AvgIpc) is 2.32. The summed E-state index contributed by atoms with van der Waals surface area (Å²) in [5.74, 6) is -0.788. The Bertz CT molecular complexity index is 462. The lowest BCUT2D eigenvalue weighted by molar-refractivity contribution is -0.118. The number of hydrogen-bond acceptors (Lipinski definition) is 4. The van der Waals surface area contributed by atoms with Gasteiger partial charge in [-0.15, -0.1) is 0 Å². The van der Waals surface area contributed by atoms with E-state index in [2.05, 4.69) is 17.2 Å². The van der Waals surface area contributed by atoms with Crippen LogP contribution in [0, 0.1) is 11.3 Å². The van der Waals surface area contributed by atoms with Crippen LogP contribution in [0.5, 0.6) is 0 Å². The van der Waals surface area contributed by atoms with Gasteiger partial charge in [0, 0.05) is 0 Å². The van der Waals surface area contributed by atoms with Crippen molar-refractivity contribution in [2.75, 3.05) is 0 Å². The second kappa shape index (κ2) is 6.38. The Hall–Kier alpha value is -2.22. The third-order valence-corrected chi connectivity index (χ3v) is 2.18. The SMILES string of the molecule is CCCc1ccccc1N=NC(C#N)C(N)=O. The highest BCUT2D eigenvalue weighted by Crippen LogP contribution is 2.20. The van der Waals surface area contributed by atoms with Gasteiger partial charge < -0.3 is 5.73 Å². The van der Waals surface area contributed by atoms with E-state index < -0.39 is 11.9 Å². The molecule has 0 aliphatic rings. The molecule has 5 heteroatoms. The predicted molar refractivity (Wildman–Crippen MR) is 63.5 cm³/mol. The van der Waals surface area contributed by atoms with E-state index in [4.69, 9.17) is 11.0 Å². The van der Waals surface area contributed by atoms with Gasteiger partial charge >= 0.3 is 0 Å². The number of primary amides is 1. The number of rotatable bonds is 5. The van der Waals surface area contributed by atoms with E-state index in [1.165, 1.54) is 0 Å². The molecule has 0 spiro atoms. The number of amides is 1. The summed E-state index contributed by atoms with van der Waals surface area (Å²) in [5.41, 5.74) is 6.71. The van der Waals surface area contributed by atoms with Crippen molar-refractivity contribution in [3.05, 3.63) is 29.8 Å². The fourth-order valence-corrected chi connectivity index (χ4v) is 1.36. The van der Waals surface area contributed by atoms with Crippen LogP contribution < -0.4 is 5.73 Å². The minimum Gasteiger partial charge on any atom is -0.367 e. The molecule has 0 heterocycles. The van der Waals surface area contributed by atoms with Crippen molar-refractivity contribution in [1.82, 2.24) is 0 Å². The first-order valence-corrected chi connectivity index (χ1v) is 5.36. The maximum absolute atomic E-state index is 10.8. The maximum Gasteiger partial charge on any atom is 0.258 e. The monoisotopic (exact) mass is 230 g/mol. The molecule has 1 aromatic rings. The van der Waals surface area contributed by atoms with E-state index in [0.717, 1.165) is 18.4 Å². The molecule has 17 heavy (non-hydrogen) atoms. The summed E-state index contributed by atoms with van der Waals surface area (Å²) in [4.78, 5) is 10.8. The lowest BCUT2D eigenvalue weighted by atomic mass is 10.1. The topological polar surface area (TPSA) is 91.6 Å². The normalized spacial score (nSPS) is 12.2. The summed E-state index contributed by atoms with van der Waals surface area (Å²) in [7, 11) is 0. The second-order valence-corrected chi connectivity index (χ2v) is 3.53.